The Bertz CT molecular complexity index is 121. The Morgan fingerprint density at radius 2 is 2.36 bits per heavy atom. The smallest absolute Gasteiger partial charge is 0.0918 e. The summed E-state index contributed by atoms with van der Waals surface area (Å²) in [7, 11) is 0. The molecular formula is C8H17ClN2. The van der Waals surface area contributed by atoms with E-state index in [0.717, 1.165) is 25.2 Å². The maximum atomic E-state index is 5.75. The van der Waals surface area contributed by atoms with E-state index >= 15 is 0 Å². The predicted octanol–water partition coefficient (Wildman–Crippen LogP) is 1.80. The van der Waals surface area contributed by atoms with Crippen molar-refractivity contribution in [3.8, 4) is 0 Å². The molecule has 11 heavy (non-hydrogen) atoms. The molecule has 66 valence electrons. The Morgan fingerprint density at radius 3 is 2.82 bits per heavy atom. The Kier molecular flexibility index (Phi) is 6.13. The molecule has 0 bridgehead atoms. The molecular weight excluding hydrogens is 160 g/mol. The highest BCUT2D eigenvalue weighted by Crippen LogP contribution is 2.04. The summed E-state index contributed by atoms with van der Waals surface area (Å²) in [6.45, 7) is 4.88. The van der Waals surface area contributed by atoms with Crippen molar-refractivity contribution >= 4 is 11.6 Å². The first-order valence-corrected chi connectivity index (χ1v) is 4.44. The highest BCUT2D eigenvalue weighted by molar-refractivity contribution is 6.20. The SMILES string of the molecule is CCN/C(N)=C\CC[C@@H](C)Cl. The molecule has 0 aromatic carbocycles. The molecule has 0 aromatic rings. The number of allylic oxidation sites excluding steroid dienone is 1. The average Bonchev–Trinajstić information content (AvgIpc) is 1.87. The molecule has 0 heterocycles. The van der Waals surface area contributed by atoms with Crippen molar-refractivity contribution < 1.29 is 0 Å². The summed E-state index contributed by atoms with van der Waals surface area (Å²) in [4.78, 5) is 0. The number of rotatable bonds is 5. The van der Waals surface area contributed by atoms with E-state index < -0.39 is 0 Å². The van der Waals surface area contributed by atoms with Gasteiger partial charge in [0, 0.05) is 11.9 Å². The summed E-state index contributed by atoms with van der Waals surface area (Å²) in [5, 5.41) is 3.25. The van der Waals surface area contributed by atoms with Crippen molar-refractivity contribution in [2.24, 2.45) is 5.73 Å². The fourth-order valence-corrected chi connectivity index (χ4v) is 0.871. The molecule has 2 nitrogen and oxygen atoms in total. The zero-order chi connectivity index (χ0) is 8.69. The van der Waals surface area contributed by atoms with Crippen LogP contribution in [0.1, 0.15) is 26.7 Å². The van der Waals surface area contributed by atoms with Gasteiger partial charge in [-0.15, -0.1) is 11.6 Å². The van der Waals surface area contributed by atoms with Crippen molar-refractivity contribution in [3.63, 3.8) is 0 Å². The normalized spacial score (nSPS) is 14.6. The first-order chi connectivity index (χ1) is 5.16. The molecule has 0 radical (unpaired) electrons. The second-order valence-corrected chi connectivity index (χ2v) is 3.29. The molecule has 0 fully saturated rings. The molecule has 3 heteroatoms. The minimum Gasteiger partial charge on any atom is -0.386 e. The van der Waals surface area contributed by atoms with Gasteiger partial charge in [-0.2, -0.15) is 0 Å². The average molecular weight is 177 g/mol. The minimum atomic E-state index is 0.237. The van der Waals surface area contributed by atoms with Crippen LogP contribution >= 0.6 is 11.6 Å². The van der Waals surface area contributed by atoms with Crippen LogP contribution in [0.25, 0.3) is 0 Å². The molecule has 1 atom stereocenters. The van der Waals surface area contributed by atoms with E-state index in [1.54, 1.807) is 0 Å². The van der Waals surface area contributed by atoms with Crippen LogP contribution in [0.5, 0.6) is 0 Å². The van der Waals surface area contributed by atoms with Gasteiger partial charge in [-0.3, -0.25) is 0 Å². The van der Waals surface area contributed by atoms with Crippen LogP contribution in [0, 0.1) is 0 Å². The quantitative estimate of drug-likeness (QED) is 0.627. The molecule has 0 aliphatic heterocycles. The van der Waals surface area contributed by atoms with Gasteiger partial charge < -0.3 is 11.1 Å². The van der Waals surface area contributed by atoms with E-state index in [4.69, 9.17) is 17.3 Å². The topological polar surface area (TPSA) is 38.0 Å². The number of hydrogen-bond acceptors (Lipinski definition) is 2. The molecule has 0 saturated carbocycles. The maximum absolute atomic E-state index is 5.75. The molecule has 0 unspecified atom stereocenters. The van der Waals surface area contributed by atoms with E-state index in [0.29, 0.717) is 0 Å². The van der Waals surface area contributed by atoms with Crippen molar-refractivity contribution in [1.82, 2.24) is 5.32 Å². The van der Waals surface area contributed by atoms with E-state index in [-0.39, 0.29) is 5.38 Å². The van der Waals surface area contributed by atoms with Gasteiger partial charge in [0.25, 0.3) is 0 Å². The zero-order valence-electron chi connectivity index (χ0n) is 7.23. The van der Waals surface area contributed by atoms with Crippen LogP contribution < -0.4 is 11.1 Å². The second kappa shape index (κ2) is 6.35. The fraction of sp³-hybridized carbons (Fsp3) is 0.750. The molecule has 0 rings (SSSR count). The maximum Gasteiger partial charge on any atom is 0.0918 e. The van der Waals surface area contributed by atoms with Crippen LogP contribution in [-0.2, 0) is 0 Å². The van der Waals surface area contributed by atoms with Gasteiger partial charge >= 0.3 is 0 Å². The zero-order valence-corrected chi connectivity index (χ0v) is 7.99. The van der Waals surface area contributed by atoms with Gasteiger partial charge in [0.1, 0.15) is 0 Å². The Balaban J connectivity index is 3.39. The highest BCUT2D eigenvalue weighted by atomic mass is 35.5. The number of nitrogens with two attached hydrogens (primary N) is 1. The van der Waals surface area contributed by atoms with E-state index in [2.05, 4.69) is 5.32 Å². The van der Waals surface area contributed by atoms with Crippen LogP contribution in [0.3, 0.4) is 0 Å². The van der Waals surface area contributed by atoms with Crippen molar-refractivity contribution in [2.75, 3.05) is 6.54 Å². The molecule has 0 aliphatic rings. The molecule has 3 N–H and O–H groups in total. The molecule has 0 aliphatic carbocycles. The number of hydrogen-bond donors (Lipinski definition) is 2. The third-order valence-electron chi connectivity index (χ3n) is 1.31. The molecule has 0 spiro atoms. The van der Waals surface area contributed by atoms with Gasteiger partial charge in [-0.25, -0.2) is 0 Å². The summed E-state index contributed by atoms with van der Waals surface area (Å²) in [5.74, 6) is 0.754. The standard InChI is InChI=1S/C8H17ClN2/c1-3-11-8(10)6-4-5-7(2)9/h6-7,11H,3-5,10H2,1-2H3/b8-6-/t7-/m1/s1. The Morgan fingerprint density at radius 1 is 1.73 bits per heavy atom. The number of alkyl halides is 1. The largest absolute Gasteiger partial charge is 0.386 e. The van der Waals surface area contributed by atoms with E-state index in [9.17, 15) is 0 Å². The molecule has 0 aromatic heterocycles. The summed E-state index contributed by atoms with van der Waals surface area (Å²) >= 11 is 5.75. The van der Waals surface area contributed by atoms with Crippen molar-refractivity contribution in [3.05, 3.63) is 11.9 Å². The van der Waals surface area contributed by atoms with Crippen molar-refractivity contribution in [1.29, 1.82) is 0 Å². The highest BCUT2D eigenvalue weighted by Gasteiger charge is 1.93. The molecule has 0 amide bonds. The van der Waals surface area contributed by atoms with Gasteiger partial charge in [0.15, 0.2) is 0 Å². The Labute approximate surface area is 73.8 Å². The van der Waals surface area contributed by atoms with Crippen LogP contribution in [0.2, 0.25) is 0 Å². The monoisotopic (exact) mass is 176 g/mol. The van der Waals surface area contributed by atoms with Gasteiger partial charge in [0.05, 0.1) is 5.82 Å². The van der Waals surface area contributed by atoms with Gasteiger partial charge in [-0.1, -0.05) is 0 Å². The van der Waals surface area contributed by atoms with Crippen molar-refractivity contribution in [2.45, 2.75) is 32.1 Å². The third-order valence-corrected chi connectivity index (χ3v) is 1.53. The van der Waals surface area contributed by atoms with Gasteiger partial charge in [0.2, 0.25) is 0 Å². The fourth-order valence-electron chi connectivity index (χ4n) is 0.745. The number of halogens is 1. The van der Waals surface area contributed by atoms with Crippen LogP contribution in [-0.4, -0.2) is 11.9 Å². The molecule has 0 saturated heterocycles. The lowest BCUT2D eigenvalue weighted by atomic mass is 10.2. The summed E-state index contributed by atoms with van der Waals surface area (Å²) in [6.07, 6.45) is 3.90. The summed E-state index contributed by atoms with van der Waals surface area (Å²) in [6, 6.07) is 0. The predicted molar refractivity (Wildman–Crippen MR) is 50.5 cm³/mol. The van der Waals surface area contributed by atoms with Crippen LogP contribution in [0.15, 0.2) is 11.9 Å². The van der Waals surface area contributed by atoms with E-state index in [1.807, 2.05) is 19.9 Å². The minimum absolute atomic E-state index is 0.237. The number of nitrogens with one attached hydrogen (secondary N) is 1. The first kappa shape index (κ1) is 10.6. The first-order valence-electron chi connectivity index (χ1n) is 4.00. The third kappa shape index (κ3) is 7.53. The summed E-state index contributed by atoms with van der Waals surface area (Å²) < 4.78 is 0. The second-order valence-electron chi connectivity index (χ2n) is 2.55. The lowest BCUT2D eigenvalue weighted by molar-refractivity contribution is 0.787. The lowest BCUT2D eigenvalue weighted by Crippen LogP contribution is -2.19. The Hall–Kier alpha value is -0.370. The van der Waals surface area contributed by atoms with Gasteiger partial charge in [-0.05, 0) is 32.8 Å². The summed E-state index contributed by atoms with van der Waals surface area (Å²) in [5.41, 5.74) is 5.58. The van der Waals surface area contributed by atoms with E-state index in [1.165, 1.54) is 0 Å². The lowest BCUT2D eigenvalue weighted by Gasteiger charge is -2.02. The van der Waals surface area contributed by atoms with Crippen LogP contribution in [0.4, 0.5) is 0 Å².